The van der Waals surface area contributed by atoms with Crippen LogP contribution in [0.5, 0.6) is 0 Å². The monoisotopic (exact) mass is 362 g/mol. The standard InChI is InChI=1S/C20H21F3N2O/c1-14(15-6-5-7-16(12-15)20(21,22)23)25(18-10-11-18)13-19(26)24-17-8-3-2-4-9-17/h2-9,12,14,18H,10-11,13H2,1H3,(H,24,26). The molecule has 2 aromatic carbocycles. The summed E-state index contributed by atoms with van der Waals surface area (Å²) >= 11 is 0. The molecule has 1 atom stereocenters. The number of nitrogens with zero attached hydrogens (tertiary/aromatic N) is 1. The van der Waals surface area contributed by atoms with Gasteiger partial charge in [-0.15, -0.1) is 0 Å². The van der Waals surface area contributed by atoms with Gasteiger partial charge in [0.1, 0.15) is 0 Å². The first-order valence-corrected chi connectivity index (χ1v) is 8.62. The van der Waals surface area contributed by atoms with Gasteiger partial charge >= 0.3 is 6.18 Å². The van der Waals surface area contributed by atoms with Crippen molar-refractivity contribution in [2.24, 2.45) is 0 Å². The molecule has 1 unspecified atom stereocenters. The van der Waals surface area contributed by atoms with Gasteiger partial charge in [0.2, 0.25) is 5.91 Å². The molecule has 0 saturated heterocycles. The number of anilines is 1. The summed E-state index contributed by atoms with van der Waals surface area (Å²) in [6.07, 6.45) is -2.45. The molecular weight excluding hydrogens is 341 g/mol. The molecule has 1 saturated carbocycles. The molecule has 0 bridgehead atoms. The summed E-state index contributed by atoms with van der Waals surface area (Å²) in [5.74, 6) is -0.165. The van der Waals surface area contributed by atoms with Gasteiger partial charge in [0.25, 0.3) is 0 Å². The first-order valence-electron chi connectivity index (χ1n) is 8.62. The van der Waals surface area contributed by atoms with E-state index in [0.29, 0.717) is 11.3 Å². The van der Waals surface area contributed by atoms with E-state index in [9.17, 15) is 18.0 Å². The number of alkyl halides is 3. The lowest BCUT2D eigenvalue weighted by molar-refractivity contribution is -0.137. The Morgan fingerprint density at radius 3 is 2.46 bits per heavy atom. The molecular formula is C20H21F3N2O. The second-order valence-electron chi connectivity index (χ2n) is 6.62. The second kappa shape index (κ2) is 7.50. The number of nitrogens with one attached hydrogen (secondary N) is 1. The molecule has 6 heteroatoms. The first kappa shape index (κ1) is 18.5. The Labute approximate surface area is 150 Å². The lowest BCUT2D eigenvalue weighted by atomic mass is 10.0. The van der Waals surface area contributed by atoms with Gasteiger partial charge in [0, 0.05) is 17.8 Å². The maximum absolute atomic E-state index is 13.0. The Bertz CT molecular complexity index is 757. The minimum absolute atomic E-state index is 0.150. The third-order valence-electron chi connectivity index (χ3n) is 4.59. The molecule has 0 radical (unpaired) electrons. The molecule has 2 aromatic rings. The molecule has 26 heavy (non-hydrogen) atoms. The van der Waals surface area contributed by atoms with E-state index in [1.165, 1.54) is 12.1 Å². The van der Waals surface area contributed by atoms with E-state index in [-0.39, 0.29) is 24.5 Å². The average molecular weight is 362 g/mol. The third-order valence-corrected chi connectivity index (χ3v) is 4.59. The normalized spacial score (nSPS) is 15.7. The van der Waals surface area contributed by atoms with E-state index in [0.717, 1.165) is 18.9 Å². The van der Waals surface area contributed by atoms with E-state index >= 15 is 0 Å². The fraction of sp³-hybridized carbons (Fsp3) is 0.350. The Balaban J connectivity index is 1.72. The van der Waals surface area contributed by atoms with Crippen LogP contribution < -0.4 is 5.32 Å². The third kappa shape index (κ3) is 4.64. The number of hydrogen-bond acceptors (Lipinski definition) is 2. The molecule has 0 aliphatic heterocycles. The predicted molar refractivity (Wildman–Crippen MR) is 94.7 cm³/mol. The van der Waals surface area contributed by atoms with Crippen LogP contribution in [0.2, 0.25) is 0 Å². The molecule has 0 spiro atoms. The zero-order chi connectivity index (χ0) is 18.7. The lowest BCUT2D eigenvalue weighted by Crippen LogP contribution is -2.37. The van der Waals surface area contributed by atoms with Gasteiger partial charge in [-0.2, -0.15) is 13.2 Å². The van der Waals surface area contributed by atoms with Crippen molar-refractivity contribution >= 4 is 11.6 Å². The maximum Gasteiger partial charge on any atom is 0.416 e. The van der Waals surface area contributed by atoms with Crippen molar-refractivity contribution in [2.45, 2.75) is 38.0 Å². The summed E-state index contributed by atoms with van der Waals surface area (Å²) in [6.45, 7) is 2.00. The van der Waals surface area contributed by atoms with Crippen LogP contribution in [0, 0.1) is 0 Å². The highest BCUT2D eigenvalue weighted by atomic mass is 19.4. The van der Waals surface area contributed by atoms with E-state index in [4.69, 9.17) is 0 Å². The van der Waals surface area contributed by atoms with Crippen LogP contribution in [0.1, 0.15) is 36.9 Å². The van der Waals surface area contributed by atoms with E-state index in [1.807, 2.05) is 30.0 Å². The number of hydrogen-bond donors (Lipinski definition) is 1. The minimum atomic E-state index is -4.37. The molecule has 3 nitrogen and oxygen atoms in total. The van der Waals surface area contributed by atoms with Gasteiger partial charge in [-0.1, -0.05) is 30.3 Å². The summed E-state index contributed by atoms with van der Waals surface area (Å²) in [6, 6.07) is 14.4. The average Bonchev–Trinajstić information content (AvgIpc) is 3.44. The highest BCUT2D eigenvalue weighted by molar-refractivity contribution is 5.92. The van der Waals surface area contributed by atoms with Crippen LogP contribution in [0.25, 0.3) is 0 Å². The molecule has 1 fully saturated rings. The summed E-state index contributed by atoms with van der Waals surface area (Å²) in [5, 5.41) is 2.84. The van der Waals surface area contributed by atoms with Gasteiger partial charge in [-0.3, -0.25) is 9.69 Å². The summed E-state index contributed by atoms with van der Waals surface area (Å²) in [5.41, 5.74) is 0.616. The van der Waals surface area contributed by atoms with Crippen LogP contribution in [0.4, 0.5) is 18.9 Å². The van der Waals surface area contributed by atoms with Crippen LogP contribution in [0.15, 0.2) is 54.6 Å². The largest absolute Gasteiger partial charge is 0.416 e. The van der Waals surface area contributed by atoms with E-state index < -0.39 is 11.7 Å². The minimum Gasteiger partial charge on any atom is -0.325 e. The molecule has 0 aromatic heterocycles. The van der Waals surface area contributed by atoms with Crippen molar-refractivity contribution in [3.05, 3.63) is 65.7 Å². The number of benzene rings is 2. The van der Waals surface area contributed by atoms with Crippen molar-refractivity contribution in [3.8, 4) is 0 Å². The Kier molecular flexibility index (Phi) is 5.32. The summed E-state index contributed by atoms with van der Waals surface area (Å²) < 4.78 is 38.9. The Morgan fingerprint density at radius 1 is 1.15 bits per heavy atom. The highest BCUT2D eigenvalue weighted by Crippen LogP contribution is 2.36. The molecule has 1 N–H and O–H groups in total. The smallest absolute Gasteiger partial charge is 0.325 e. The lowest BCUT2D eigenvalue weighted by Gasteiger charge is -2.29. The molecule has 0 heterocycles. The number of para-hydroxylation sites is 1. The number of halogens is 3. The maximum atomic E-state index is 13.0. The number of rotatable bonds is 6. The zero-order valence-electron chi connectivity index (χ0n) is 14.5. The van der Waals surface area contributed by atoms with Crippen LogP contribution in [-0.4, -0.2) is 23.4 Å². The summed E-state index contributed by atoms with van der Waals surface area (Å²) in [7, 11) is 0. The predicted octanol–water partition coefficient (Wildman–Crippen LogP) is 4.87. The molecule has 1 amide bonds. The zero-order valence-corrected chi connectivity index (χ0v) is 14.5. The number of amides is 1. The van der Waals surface area contributed by atoms with Gasteiger partial charge in [0.05, 0.1) is 12.1 Å². The highest BCUT2D eigenvalue weighted by Gasteiger charge is 2.35. The van der Waals surface area contributed by atoms with Crippen molar-refractivity contribution < 1.29 is 18.0 Å². The Morgan fingerprint density at radius 2 is 1.85 bits per heavy atom. The molecule has 3 rings (SSSR count). The topological polar surface area (TPSA) is 32.3 Å². The molecule has 1 aliphatic carbocycles. The number of carbonyl (C=O) groups is 1. The first-order chi connectivity index (χ1) is 12.3. The van der Waals surface area contributed by atoms with E-state index in [1.54, 1.807) is 18.2 Å². The quantitative estimate of drug-likeness (QED) is 0.795. The van der Waals surface area contributed by atoms with Crippen LogP contribution in [0.3, 0.4) is 0 Å². The van der Waals surface area contributed by atoms with Gasteiger partial charge in [0.15, 0.2) is 0 Å². The molecule has 1 aliphatic rings. The molecule has 138 valence electrons. The van der Waals surface area contributed by atoms with Crippen molar-refractivity contribution in [2.75, 3.05) is 11.9 Å². The number of carbonyl (C=O) groups excluding carboxylic acids is 1. The van der Waals surface area contributed by atoms with Gasteiger partial charge in [-0.05, 0) is 49.6 Å². The second-order valence-corrected chi connectivity index (χ2v) is 6.62. The van der Waals surface area contributed by atoms with Crippen molar-refractivity contribution in [1.82, 2.24) is 4.90 Å². The fourth-order valence-corrected chi connectivity index (χ4v) is 3.04. The van der Waals surface area contributed by atoms with Gasteiger partial charge < -0.3 is 5.32 Å². The van der Waals surface area contributed by atoms with Gasteiger partial charge in [-0.25, -0.2) is 0 Å². The van der Waals surface area contributed by atoms with Crippen molar-refractivity contribution in [1.29, 1.82) is 0 Å². The summed E-state index contributed by atoms with van der Waals surface area (Å²) in [4.78, 5) is 14.4. The van der Waals surface area contributed by atoms with Crippen molar-refractivity contribution in [3.63, 3.8) is 0 Å². The Hall–Kier alpha value is -2.34. The fourth-order valence-electron chi connectivity index (χ4n) is 3.04. The van der Waals surface area contributed by atoms with E-state index in [2.05, 4.69) is 5.32 Å². The SMILES string of the molecule is CC(c1cccc(C(F)(F)F)c1)N(CC(=O)Nc1ccccc1)C1CC1. The van der Waals surface area contributed by atoms with Crippen LogP contribution >= 0.6 is 0 Å². The van der Waals surface area contributed by atoms with Crippen LogP contribution in [-0.2, 0) is 11.0 Å².